The Morgan fingerprint density at radius 1 is 1.11 bits per heavy atom. The SMILES string of the molecule is C=CCNC(=O)C(=O)C(CCC)NC(=O)[C@@H]1[C@@H](CC(C)C)CCN1C(=O)[C@@H](NC(=O)NC)C(C)(C)C. The molecule has 0 radical (unpaired) electrons. The molecule has 36 heavy (non-hydrogen) atoms. The summed E-state index contributed by atoms with van der Waals surface area (Å²) in [6.45, 7) is 15.5. The highest BCUT2D eigenvalue weighted by atomic mass is 16.2. The molecule has 0 aromatic rings. The van der Waals surface area contributed by atoms with E-state index in [-0.39, 0.29) is 18.4 Å². The zero-order chi connectivity index (χ0) is 27.6. The van der Waals surface area contributed by atoms with Crippen molar-refractivity contribution in [3.63, 3.8) is 0 Å². The van der Waals surface area contributed by atoms with Crippen LogP contribution in [0.25, 0.3) is 0 Å². The van der Waals surface area contributed by atoms with Crippen LogP contribution in [-0.4, -0.2) is 72.7 Å². The quantitative estimate of drug-likeness (QED) is 0.236. The molecule has 0 aliphatic carbocycles. The minimum atomic E-state index is -0.994. The summed E-state index contributed by atoms with van der Waals surface area (Å²) in [5.74, 6) is -2.13. The number of amides is 5. The van der Waals surface area contributed by atoms with Crippen LogP contribution in [-0.2, 0) is 19.2 Å². The summed E-state index contributed by atoms with van der Waals surface area (Å²) in [4.78, 5) is 66.0. The zero-order valence-electron chi connectivity index (χ0n) is 22.9. The number of ketones is 1. The van der Waals surface area contributed by atoms with Crippen molar-refractivity contribution in [3.05, 3.63) is 12.7 Å². The largest absolute Gasteiger partial charge is 0.346 e. The fourth-order valence-corrected chi connectivity index (χ4v) is 4.55. The molecule has 10 heteroatoms. The van der Waals surface area contributed by atoms with Gasteiger partial charge in [0.05, 0.1) is 6.04 Å². The molecule has 1 heterocycles. The molecule has 4 atom stereocenters. The number of Topliss-reactive ketones (excluding diaryl/α,β-unsaturated/α-hetero) is 1. The van der Waals surface area contributed by atoms with Crippen molar-refractivity contribution in [2.24, 2.45) is 17.3 Å². The average molecular weight is 508 g/mol. The van der Waals surface area contributed by atoms with E-state index >= 15 is 0 Å². The molecule has 5 amide bonds. The summed E-state index contributed by atoms with van der Waals surface area (Å²) >= 11 is 0. The number of nitrogens with zero attached hydrogens (tertiary/aromatic N) is 1. The summed E-state index contributed by atoms with van der Waals surface area (Å²) in [7, 11) is 1.47. The molecule has 204 valence electrons. The van der Waals surface area contributed by atoms with Crippen molar-refractivity contribution in [2.75, 3.05) is 20.1 Å². The number of rotatable bonds is 12. The molecule has 0 spiro atoms. The van der Waals surface area contributed by atoms with Crippen LogP contribution in [0.1, 0.15) is 67.2 Å². The lowest BCUT2D eigenvalue weighted by Gasteiger charge is -2.36. The molecule has 0 aromatic carbocycles. The van der Waals surface area contributed by atoms with Gasteiger partial charge >= 0.3 is 6.03 Å². The first-order chi connectivity index (χ1) is 16.8. The smallest absolute Gasteiger partial charge is 0.315 e. The van der Waals surface area contributed by atoms with E-state index in [0.717, 1.165) is 6.42 Å². The van der Waals surface area contributed by atoms with Gasteiger partial charge in [0.15, 0.2) is 0 Å². The highest BCUT2D eigenvalue weighted by molar-refractivity contribution is 6.38. The van der Waals surface area contributed by atoms with Gasteiger partial charge in [-0.25, -0.2) is 4.79 Å². The highest BCUT2D eigenvalue weighted by Gasteiger charge is 2.46. The summed E-state index contributed by atoms with van der Waals surface area (Å²) in [6.07, 6.45) is 3.69. The topological polar surface area (TPSA) is 137 Å². The Labute approximate surface area is 215 Å². The first kappa shape index (κ1) is 31.1. The van der Waals surface area contributed by atoms with Crippen molar-refractivity contribution in [3.8, 4) is 0 Å². The predicted molar refractivity (Wildman–Crippen MR) is 139 cm³/mol. The minimum Gasteiger partial charge on any atom is -0.346 e. The molecule has 1 aliphatic heterocycles. The number of likely N-dealkylation sites (tertiary alicyclic amines) is 1. The van der Waals surface area contributed by atoms with Crippen molar-refractivity contribution in [1.29, 1.82) is 0 Å². The van der Waals surface area contributed by atoms with Gasteiger partial charge < -0.3 is 26.2 Å². The second-order valence-electron chi connectivity index (χ2n) is 10.9. The maximum Gasteiger partial charge on any atom is 0.315 e. The van der Waals surface area contributed by atoms with E-state index in [1.807, 2.05) is 27.7 Å². The molecule has 0 bridgehead atoms. The molecule has 1 fully saturated rings. The second kappa shape index (κ2) is 14.0. The van der Waals surface area contributed by atoms with E-state index in [0.29, 0.717) is 31.7 Å². The van der Waals surface area contributed by atoms with E-state index in [1.165, 1.54) is 18.0 Å². The van der Waals surface area contributed by atoms with Gasteiger partial charge in [-0.05, 0) is 36.5 Å². The molecule has 0 aromatic heterocycles. The Morgan fingerprint density at radius 3 is 2.25 bits per heavy atom. The fraction of sp³-hybridized carbons (Fsp3) is 0.731. The molecule has 1 saturated heterocycles. The summed E-state index contributed by atoms with van der Waals surface area (Å²) < 4.78 is 0. The maximum atomic E-state index is 13.7. The molecular weight excluding hydrogens is 462 g/mol. The Morgan fingerprint density at radius 2 is 1.75 bits per heavy atom. The van der Waals surface area contributed by atoms with Gasteiger partial charge in [-0.1, -0.05) is 54.0 Å². The lowest BCUT2D eigenvalue weighted by Crippen LogP contribution is -2.60. The van der Waals surface area contributed by atoms with Gasteiger partial charge in [-0.2, -0.15) is 0 Å². The van der Waals surface area contributed by atoms with E-state index < -0.39 is 47.2 Å². The predicted octanol–water partition coefficient (Wildman–Crippen LogP) is 1.75. The Bertz CT molecular complexity index is 820. The minimum absolute atomic E-state index is 0.110. The van der Waals surface area contributed by atoms with Crippen molar-refractivity contribution in [2.45, 2.75) is 85.4 Å². The van der Waals surface area contributed by atoms with Crippen LogP contribution < -0.4 is 21.3 Å². The molecular formula is C26H45N5O5. The summed E-state index contributed by atoms with van der Waals surface area (Å²) in [6, 6.07) is -3.14. The van der Waals surface area contributed by atoms with Gasteiger partial charge in [-0.3, -0.25) is 19.2 Å². The third-order valence-corrected chi connectivity index (χ3v) is 6.31. The van der Waals surface area contributed by atoms with Gasteiger partial charge in [0.25, 0.3) is 5.91 Å². The standard InChI is InChI=1S/C26H45N5O5/c1-9-11-18(20(32)23(34)28-13-10-2)29-22(33)19-17(15-16(3)4)12-14-31(19)24(35)21(26(5,6)7)30-25(36)27-8/h10,16-19,21H,2,9,11-15H2,1,3-8H3,(H,28,34)(H,29,33)(H2,27,30,36)/t17-,18?,19+,21-/m1/s1. The zero-order valence-corrected chi connectivity index (χ0v) is 22.9. The van der Waals surface area contributed by atoms with E-state index in [1.54, 1.807) is 0 Å². The first-order valence-electron chi connectivity index (χ1n) is 12.8. The maximum absolute atomic E-state index is 13.7. The van der Waals surface area contributed by atoms with Crippen LogP contribution >= 0.6 is 0 Å². The summed E-state index contributed by atoms with van der Waals surface area (Å²) in [5.41, 5.74) is -0.606. The van der Waals surface area contributed by atoms with Gasteiger partial charge in [0, 0.05) is 20.1 Å². The lowest BCUT2D eigenvalue weighted by atomic mass is 9.85. The Balaban J connectivity index is 3.27. The number of carbonyl (C=O) groups is 5. The second-order valence-corrected chi connectivity index (χ2v) is 10.9. The van der Waals surface area contributed by atoms with E-state index in [2.05, 4.69) is 41.7 Å². The number of hydrogen-bond acceptors (Lipinski definition) is 5. The number of nitrogens with one attached hydrogen (secondary N) is 4. The monoisotopic (exact) mass is 507 g/mol. The Kier molecular flexibility index (Phi) is 12.1. The first-order valence-corrected chi connectivity index (χ1v) is 12.8. The van der Waals surface area contributed by atoms with Crippen LogP contribution in [0.2, 0.25) is 0 Å². The molecule has 4 N–H and O–H groups in total. The lowest BCUT2D eigenvalue weighted by molar-refractivity contribution is -0.144. The van der Waals surface area contributed by atoms with E-state index in [9.17, 15) is 24.0 Å². The van der Waals surface area contributed by atoms with Crippen LogP contribution in [0.15, 0.2) is 12.7 Å². The van der Waals surface area contributed by atoms with E-state index in [4.69, 9.17) is 0 Å². The number of urea groups is 1. The van der Waals surface area contributed by atoms with Crippen molar-refractivity contribution >= 4 is 29.5 Å². The molecule has 1 aliphatic rings. The molecule has 10 nitrogen and oxygen atoms in total. The summed E-state index contributed by atoms with van der Waals surface area (Å²) in [5, 5.41) is 10.4. The molecule has 0 saturated carbocycles. The molecule has 1 unspecified atom stereocenters. The van der Waals surface area contributed by atoms with Crippen LogP contribution in [0, 0.1) is 17.3 Å². The van der Waals surface area contributed by atoms with Crippen molar-refractivity contribution in [1.82, 2.24) is 26.2 Å². The third kappa shape index (κ3) is 8.64. The third-order valence-electron chi connectivity index (χ3n) is 6.31. The van der Waals surface area contributed by atoms with Crippen LogP contribution in [0.4, 0.5) is 4.79 Å². The van der Waals surface area contributed by atoms with Crippen LogP contribution in [0.5, 0.6) is 0 Å². The molecule has 1 rings (SSSR count). The van der Waals surface area contributed by atoms with Gasteiger partial charge in [-0.15, -0.1) is 6.58 Å². The van der Waals surface area contributed by atoms with Crippen LogP contribution in [0.3, 0.4) is 0 Å². The Hall–Kier alpha value is -2.91. The average Bonchev–Trinajstić information content (AvgIpc) is 3.21. The highest BCUT2D eigenvalue weighted by Crippen LogP contribution is 2.33. The number of hydrogen-bond donors (Lipinski definition) is 4. The van der Waals surface area contributed by atoms with Gasteiger partial charge in [0.1, 0.15) is 12.1 Å². The fourth-order valence-electron chi connectivity index (χ4n) is 4.55. The van der Waals surface area contributed by atoms with Crippen molar-refractivity contribution < 1.29 is 24.0 Å². The van der Waals surface area contributed by atoms with Gasteiger partial charge in [0.2, 0.25) is 17.6 Å². The normalized spacial score (nSPS) is 19.3. The number of carbonyl (C=O) groups excluding carboxylic acids is 5.